The summed E-state index contributed by atoms with van der Waals surface area (Å²) in [7, 11) is -3.08. The van der Waals surface area contributed by atoms with Gasteiger partial charge in [0.25, 0.3) is 0 Å². The van der Waals surface area contributed by atoms with E-state index in [2.05, 4.69) is 20.8 Å². The Morgan fingerprint density at radius 1 is 1.43 bits per heavy atom. The van der Waals surface area contributed by atoms with E-state index in [1.165, 1.54) is 6.26 Å². The fraction of sp³-hybridized carbons (Fsp3) is 0.714. The number of rotatable bonds is 6. The van der Waals surface area contributed by atoms with Crippen LogP contribution in [0.2, 0.25) is 0 Å². The van der Waals surface area contributed by atoms with Crippen molar-refractivity contribution in [2.24, 2.45) is 4.99 Å². The van der Waals surface area contributed by atoms with E-state index in [0.29, 0.717) is 25.6 Å². The van der Waals surface area contributed by atoms with Crippen LogP contribution in [0.4, 0.5) is 0 Å². The predicted molar refractivity (Wildman–Crippen MR) is 88.5 cm³/mol. The van der Waals surface area contributed by atoms with Crippen LogP contribution in [-0.4, -0.2) is 55.3 Å². The van der Waals surface area contributed by atoms with Crippen LogP contribution in [0.5, 0.6) is 0 Å². The van der Waals surface area contributed by atoms with E-state index in [0.717, 1.165) is 25.1 Å². The highest BCUT2D eigenvalue weighted by Gasteiger charge is 2.26. The normalized spacial score (nSPS) is 18.1. The van der Waals surface area contributed by atoms with Crippen molar-refractivity contribution in [2.45, 2.75) is 39.3 Å². The first-order valence-corrected chi connectivity index (χ1v) is 9.58. The molecule has 0 aliphatic carbocycles. The second kappa shape index (κ2) is 8.30. The number of hydrogen-bond acceptors (Lipinski definition) is 5. The van der Waals surface area contributed by atoms with Crippen LogP contribution in [0.15, 0.2) is 21.8 Å². The first-order chi connectivity index (χ1) is 11.0. The highest BCUT2D eigenvalue weighted by atomic mass is 32.2. The summed E-state index contributed by atoms with van der Waals surface area (Å²) in [4.78, 5) is 4.47. The van der Waals surface area contributed by atoms with E-state index >= 15 is 0 Å². The highest BCUT2D eigenvalue weighted by molar-refractivity contribution is 7.89. The van der Waals surface area contributed by atoms with Crippen LogP contribution in [0.25, 0.3) is 0 Å². The van der Waals surface area contributed by atoms with Gasteiger partial charge in [-0.25, -0.2) is 17.7 Å². The number of piperidine rings is 1. The third kappa shape index (κ3) is 5.21. The van der Waals surface area contributed by atoms with Gasteiger partial charge >= 0.3 is 0 Å². The van der Waals surface area contributed by atoms with Gasteiger partial charge in [-0.2, -0.15) is 0 Å². The number of hydrogen-bond donors (Lipinski definition) is 2. The molecule has 0 atom stereocenters. The maximum absolute atomic E-state index is 11.9. The minimum Gasteiger partial charge on any atom is -0.364 e. The molecule has 1 fully saturated rings. The van der Waals surface area contributed by atoms with Crippen molar-refractivity contribution in [3.8, 4) is 0 Å². The summed E-state index contributed by atoms with van der Waals surface area (Å²) >= 11 is 0. The molecule has 1 aromatic rings. The number of aliphatic imine (C=N–C) groups is 1. The van der Waals surface area contributed by atoms with E-state index in [4.69, 9.17) is 4.52 Å². The first-order valence-electron chi connectivity index (χ1n) is 7.97. The second-order valence-corrected chi connectivity index (χ2v) is 7.66. The smallest absolute Gasteiger partial charge is 0.213 e. The zero-order chi connectivity index (χ0) is 16.7. The first kappa shape index (κ1) is 17.7. The molecule has 0 amide bonds. The summed E-state index contributed by atoms with van der Waals surface area (Å²) in [6, 6.07) is 2.00. The number of aromatic nitrogens is 1. The van der Waals surface area contributed by atoms with Gasteiger partial charge in [0.15, 0.2) is 5.96 Å². The molecule has 0 unspecified atom stereocenters. The molecule has 130 valence electrons. The molecule has 1 aliphatic heterocycles. The van der Waals surface area contributed by atoms with E-state index in [9.17, 15) is 8.42 Å². The number of nitrogens with zero attached hydrogens (tertiary/aromatic N) is 3. The van der Waals surface area contributed by atoms with Crippen LogP contribution in [-0.2, 0) is 16.6 Å². The van der Waals surface area contributed by atoms with Crippen LogP contribution in [0, 0.1) is 0 Å². The second-order valence-electron chi connectivity index (χ2n) is 5.40. The topological polar surface area (TPSA) is 99.8 Å². The Hall–Kier alpha value is -1.61. The molecule has 2 N–H and O–H groups in total. The lowest BCUT2D eigenvalue weighted by atomic mass is 10.1. The van der Waals surface area contributed by atoms with E-state index in [1.807, 2.05) is 6.92 Å². The Morgan fingerprint density at radius 2 is 2.17 bits per heavy atom. The molecule has 0 radical (unpaired) electrons. The van der Waals surface area contributed by atoms with Crippen molar-refractivity contribution in [1.82, 2.24) is 20.1 Å². The molecule has 1 aliphatic rings. The van der Waals surface area contributed by atoms with Crippen molar-refractivity contribution in [1.29, 1.82) is 0 Å². The molecule has 9 heteroatoms. The number of guanidine groups is 1. The zero-order valence-electron chi connectivity index (χ0n) is 13.7. The van der Waals surface area contributed by atoms with Gasteiger partial charge in [0.05, 0.1) is 12.3 Å². The monoisotopic (exact) mass is 343 g/mol. The van der Waals surface area contributed by atoms with Crippen LogP contribution >= 0.6 is 0 Å². The van der Waals surface area contributed by atoms with Crippen molar-refractivity contribution < 1.29 is 12.9 Å². The van der Waals surface area contributed by atoms with E-state index in [-0.39, 0.29) is 11.8 Å². The molecular formula is C14H25N5O3S. The van der Waals surface area contributed by atoms with Gasteiger partial charge in [0.2, 0.25) is 10.0 Å². The molecule has 0 aromatic carbocycles. The molecule has 0 saturated carbocycles. The third-order valence-corrected chi connectivity index (χ3v) is 5.67. The Balaban J connectivity index is 1.88. The maximum Gasteiger partial charge on any atom is 0.213 e. The van der Waals surface area contributed by atoms with Crippen molar-refractivity contribution in [3.63, 3.8) is 0 Å². The number of nitrogens with one attached hydrogen (secondary N) is 2. The van der Waals surface area contributed by atoms with Gasteiger partial charge in [0.1, 0.15) is 12.0 Å². The molecule has 23 heavy (non-hydrogen) atoms. The summed E-state index contributed by atoms with van der Waals surface area (Å²) in [6.45, 7) is 5.99. The molecule has 1 aromatic heterocycles. The molecule has 0 bridgehead atoms. The quantitative estimate of drug-likeness (QED) is 0.578. The van der Waals surface area contributed by atoms with E-state index in [1.54, 1.807) is 17.3 Å². The third-order valence-electron chi connectivity index (χ3n) is 3.79. The average molecular weight is 343 g/mol. The molecule has 2 heterocycles. The molecule has 0 spiro atoms. The fourth-order valence-corrected chi connectivity index (χ4v) is 3.59. The average Bonchev–Trinajstić information content (AvgIpc) is 3.07. The Labute approximate surface area is 137 Å². The zero-order valence-corrected chi connectivity index (χ0v) is 14.5. The van der Waals surface area contributed by atoms with Gasteiger partial charge in [-0.3, -0.25) is 0 Å². The summed E-state index contributed by atoms with van der Waals surface area (Å²) < 4.78 is 30.1. The summed E-state index contributed by atoms with van der Waals surface area (Å²) in [5, 5.41) is 10.4. The van der Waals surface area contributed by atoms with Crippen LogP contribution in [0.1, 0.15) is 32.4 Å². The van der Waals surface area contributed by atoms with Gasteiger partial charge in [-0.15, -0.1) is 0 Å². The Morgan fingerprint density at radius 3 is 2.74 bits per heavy atom. The Kier molecular flexibility index (Phi) is 6.40. The maximum atomic E-state index is 11.9. The molecule has 1 saturated heterocycles. The van der Waals surface area contributed by atoms with Gasteiger partial charge in [-0.05, 0) is 26.7 Å². The molecule has 8 nitrogen and oxygen atoms in total. The number of sulfonamides is 1. The SMILES string of the molecule is CCNC(=NCc1ccon1)NC1CCN(S(=O)(=O)CC)CC1. The van der Waals surface area contributed by atoms with Gasteiger partial charge in [0, 0.05) is 31.7 Å². The summed E-state index contributed by atoms with van der Waals surface area (Å²) in [5.41, 5.74) is 0.770. The lowest BCUT2D eigenvalue weighted by Gasteiger charge is -2.32. The van der Waals surface area contributed by atoms with Crippen molar-refractivity contribution >= 4 is 16.0 Å². The van der Waals surface area contributed by atoms with Crippen molar-refractivity contribution in [2.75, 3.05) is 25.4 Å². The summed E-state index contributed by atoms with van der Waals surface area (Å²) in [5.74, 6) is 0.875. The molecule has 2 rings (SSSR count). The van der Waals surface area contributed by atoms with E-state index < -0.39 is 10.0 Å². The lowest BCUT2D eigenvalue weighted by Crippen LogP contribution is -2.50. The van der Waals surface area contributed by atoms with Gasteiger partial charge < -0.3 is 15.2 Å². The predicted octanol–water partition coefficient (Wildman–Crippen LogP) is 0.544. The van der Waals surface area contributed by atoms with Gasteiger partial charge in [-0.1, -0.05) is 5.16 Å². The Bertz CT molecular complexity index is 592. The van der Waals surface area contributed by atoms with Crippen LogP contribution < -0.4 is 10.6 Å². The highest BCUT2D eigenvalue weighted by Crippen LogP contribution is 2.14. The molecular weight excluding hydrogens is 318 g/mol. The fourth-order valence-electron chi connectivity index (χ4n) is 2.45. The standard InChI is InChI=1S/C14H25N5O3S/c1-3-15-14(16-11-13-7-10-22-18-13)17-12-5-8-19(9-6-12)23(20,21)4-2/h7,10,12H,3-6,8-9,11H2,1-2H3,(H2,15,16,17). The summed E-state index contributed by atoms with van der Waals surface area (Å²) in [6.07, 6.45) is 3.07. The minimum atomic E-state index is -3.08. The lowest BCUT2D eigenvalue weighted by molar-refractivity contribution is 0.306. The largest absolute Gasteiger partial charge is 0.364 e. The van der Waals surface area contributed by atoms with Crippen molar-refractivity contribution in [3.05, 3.63) is 18.0 Å². The van der Waals surface area contributed by atoms with Crippen LogP contribution in [0.3, 0.4) is 0 Å². The minimum absolute atomic E-state index is 0.160.